The summed E-state index contributed by atoms with van der Waals surface area (Å²) in [6, 6.07) is 0. The van der Waals surface area contributed by atoms with Gasteiger partial charge in [0.2, 0.25) is 6.29 Å². The molecule has 0 spiro atoms. The topological polar surface area (TPSA) is 68.1 Å². The second-order valence-corrected chi connectivity index (χ2v) is 2.48. The highest BCUT2D eigenvalue weighted by Crippen LogP contribution is 2.17. The number of rotatable bonds is 3. The van der Waals surface area contributed by atoms with E-state index in [1.807, 2.05) is 0 Å². The van der Waals surface area contributed by atoms with Crippen molar-refractivity contribution in [3.8, 4) is 0 Å². The van der Waals surface area contributed by atoms with E-state index >= 15 is 0 Å². The molecule has 0 bridgehead atoms. The molecule has 1 fully saturated rings. The zero-order chi connectivity index (χ0) is 9.14. The van der Waals surface area contributed by atoms with Gasteiger partial charge in [-0.25, -0.2) is 0 Å². The summed E-state index contributed by atoms with van der Waals surface area (Å²) in [7, 11) is 0. The van der Waals surface area contributed by atoms with Crippen LogP contribution in [-0.2, 0) is 14.3 Å². The second kappa shape index (κ2) is 3.84. The van der Waals surface area contributed by atoms with Crippen LogP contribution in [0.1, 0.15) is 6.92 Å². The van der Waals surface area contributed by atoms with Crippen LogP contribution >= 0.6 is 11.6 Å². The van der Waals surface area contributed by atoms with Gasteiger partial charge in [-0.15, -0.1) is 11.6 Å². The summed E-state index contributed by atoms with van der Waals surface area (Å²) in [4.78, 5) is 10.9. The van der Waals surface area contributed by atoms with E-state index < -0.39 is 12.1 Å². The number of nitrogens with zero attached hydrogens (tertiary/aromatic N) is 1. The van der Waals surface area contributed by atoms with Crippen LogP contribution in [-0.4, -0.2) is 35.2 Å². The van der Waals surface area contributed by atoms with E-state index in [1.54, 1.807) is 6.92 Å². The van der Waals surface area contributed by atoms with E-state index in [-0.39, 0.29) is 17.9 Å². The maximum atomic E-state index is 10.9. The van der Waals surface area contributed by atoms with Crippen molar-refractivity contribution in [2.45, 2.75) is 19.5 Å². The van der Waals surface area contributed by atoms with E-state index in [9.17, 15) is 4.79 Å². The summed E-state index contributed by atoms with van der Waals surface area (Å²) in [5, 5.41) is 11.1. The summed E-state index contributed by atoms with van der Waals surface area (Å²) in [6.07, 6.45) is -1.23. The van der Waals surface area contributed by atoms with Crippen LogP contribution in [0.5, 0.6) is 0 Å². The Morgan fingerprint density at radius 1 is 1.67 bits per heavy atom. The van der Waals surface area contributed by atoms with Crippen LogP contribution in [0.2, 0.25) is 0 Å². The van der Waals surface area contributed by atoms with Gasteiger partial charge in [0.15, 0.2) is 17.8 Å². The molecule has 1 aliphatic heterocycles. The molecule has 0 amide bonds. The monoisotopic (exact) mass is 193 g/mol. The molecule has 12 heavy (non-hydrogen) atoms. The smallest absolute Gasteiger partial charge is 0.213 e. The molecular formula is C6H8ClNO4. The third kappa shape index (κ3) is 1.74. The molecular weight excluding hydrogens is 186 g/mol. The van der Waals surface area contributed by atoms with Crippen molar-refractivity contribution >= 4 is 23.1 Å². The summed E-state index contributed by atoms with van der Waals surface area (Å²) in [6.45, 7) is 1.66. The van der Waals surface area contributed by atoms with E-state index in [2.05, 4.69) is 5.16 Å². The van der Waals surface area contributed by atoms with Crippen LogP contribution in [0, 0.1) is 0 Å². The van der Waals surface area contributed by atoms with Crippen LogP contribution in [0.15, 0.2) is 5.16 Å². The highest BCUT2D eigenvalue weighted by Gasteiger charge is 2.35. The molecule has 0 atom stereocenters. The number of hydrogen-bond acceptors (Lipinski definition) is 5. The Morgan fingerprint density at radius 2 is 2.25 bits per heavy atom. The Bertz CT molecular complexity index is 212. The first-order valence-corrected chi connectivity index (χ1v) is 3.84. The molecule has 0 unspecified atom stereocenters. The molecule has 0 aromatic carbocycles. The van der Waals surface area contributed by atoms with Gasteiger partial charge >= 0.3 is 0 Å². The van der Waals surface area contributed by atoms with Gasteiger partial charge < -0.3 is 14.7 Å². The standard InChI is InChI=1S/C6H8ClNO4/c1-3-11-6(12-3)5(8-10)4(9)2-7/h3,6,10H,2H2,1H3/b8-5-. The molecule has 1 heterocycles. The van der Waals surface area contributed by atoms with E-state index in [4.69, 9.17) is 26.3 Å². The fourth-order valence-electron chi connectivity index (χ4n) is 0.790. The van der Waals surface area contributed by atoms with E-state index in [1.165, 1.54) is 0 Å². The summed E-state index contributed by atoms with van der Waals surface area (Å²) in [5.74, 6) is -0.757. The molecule has 0 aliphatic carbocycles. The number of alkyl halides is 1. The lowest BCUT2D eigenvalue weighted by atomic mass is 10.2. The minimum Gasteiger partial charge on any atom is -0.410 e. The number of carbonyl (C=O) groups is 1. The van der Waals surface area contributed by atoms with Crippen molar-refractivity contribution in [3.63, 3.8) is 0 Å². The van der Waals surface area contributed by atoms with Crippen molar-refractivity contribution in [1.82, 2.24) is 0 Å². The van der Waals surface area contributed by atoms with Crippen molar-refractivity contribution in [1.29, 1.82) is 0 Å². The first-order chi connectivity index (χ1) is 5.69. The molecule has 68 valence electrons. The lowest BCUT2D eigenvalue weighted by molar-refractivity contribution is -0.344. The summed E-state index contributed by atoms with van der Waals surface area (Å²) < 4.78 is 9.85. The number of ether oxygens (including phenoxy) is 2. The van der Waals surface area contributed by atoms with Gasteiger partial charge in [-0.05, 0) is 6.92 Å². The fraction of sp³-hybridized carbons (Fsp3) is 0.667. The fourth-order valence-corrected chi connectivity index (χ4v) is 0.927. The van der Waals surface area contributed by atoms with Gasteiger partial charge in [0, 0.05) is 0 Å². The van der Waals surface area contributed by atoms with Crippen LogP contribution in [0.4, 0.5) is 0 Å². The number of Topliss-reactive ketones (excluding diaryl/α,β-unsaturated/α-hetero) is 1. The van der Waals surface area contributed by atoms with Crippen LogP contribution in [0.25, 0.3) is 0 Å². The number of carbonyl (C=O) groups excluding carboxylic acids is 1. The largest absolute Gasteiger partial charge is 0.410 e. The maximum absolute atomic E-state index is 10.9. The van der Waals surface area contributed by atoms with Gasteiger partial charge in [0.05, 0.1) is 5.88 Å². The van der Waals surface area contributed by atoms with Crippen molar-refractivity contribution in [2.24, 2.45) is 5.16 Å². The predicted molar refractivity (Wildman–Crippen MR) is 40.4 cm³/mol. The molecule has 5 nitrogen and oxygen atoms in total. The second-order valence-electron chi connectivity index (χ2n) is 2.21. The van der Waals surface area contributed by atoms with E-state index in [0.29, 0.717) is 0 Å². The Labute approximate surface area is 73.9 Å². The lowest BCUT2D eigenvalue weighted by Crippen LogP contribution is -2.47. The SMILES string of the molecule is CC1OC(/C(=N\O)C(=O)CCl)O1. The first kappa shape index (κ1) is 9.44. The number of halogens is 1. The minimum atomic E-state index is -0.865. The molecule has 1 saturated heterocycles. The average molecular weight is 194 g/mol. The van der Waals surface area contributed by atoms with Crippen molar-refractivity contribution in [2.75, 3.05) is 5.88 Å². The van der Waals surface area contributed by atoms with Crippen molar-refractivity contribution < 1.29 is 19.5 Å². The normalized spacial score (nSPS) is 29.7. The van der Waals surface area contributed by atoms with E-state index in [0.717, 1.165) is 0 Å². The third-order valence-electron chi connectivity index (χ3n) is 1.37. The van der Waals surface area contributed by atoms with Gasteiger partial charge in [-0.2, -0.15) is 0 Å². The van der Waals surface area contributed by atoms with Gasteiger partial charge in [-0.1, -0.05) is 5.16 Å². The highest BCUT2D eigenvalue weighted by molar-refractivity contribution is 6.49. The molecule has 1 aliphatic rings. The van der Waals surface area contributed by atoms with Crippen molar-refractivity contribution in [3.05, 3.63) is 0 Å². The highest BCUT2D eigenvalue weighted by atomic mass is 35.5. The Balaban J connectivity index is 2.53. The van der Waals surface area contributed by atoms with Gasteiger partial charge in [-0.3, -0.25) is 4.79 Å². The Hall–Kier alpha value is -0.650. The molecule has 6 heteroatoms. The average Bonchev–Trinajstić information content (AvgIpc) is 2.02. The van der Waals surface area contributed by atoms with Gasteiger partial charge in [0.1, 0.15) is 0 Å². The first-order valence-electron chi connectivity index (χ1n) is 3.31. The number of ketones is 1. The molecule has 1 N–H and O–H groups in total. The van der Waals surface area contributed by atoms with Crippen LogP contribution in [0.3, 0.4) is 0 Å². The third-order valence-corrected chi connectivity index (χ3v) is 1.61. The zero-order valence-corrected chi connectivity index (χ0v) is 7.11. The molecule has 0 saturated carbocycles. The maximum Gasteiger partial charge on any atom is 0.213 e. The Kier molecular flexibility index (Phi) is 3.02. The number of hydrogen-bond donors (Lipinski definition) is 1. The predicted octanol–water partition coefficient (Wildman–Crippen LogP) is 0.343. The molecule has 0 radical (unpaired) electrons. The minimum absolute atomic E-state index is 0.192. The zero-order valence-electron chi connectivity index (χ0n) is 6.36. The molecule has 0 aromatic rings. The summed E-state index contributed by atoms with van der Waals surface area (Å²) in [5.41, 5.74) is -0.192. The Morgan fingerprint density at radius 3 is 2.58 bits per heavy atom. The quantitative estimate of drug-likeness (QED) is 0.304. The molecule has 1 rings (SSSR count). The van der Waals surface area contributed by atoms with Crippen LogP contribution < -0.4 is 0 Å². The number of oxime groups is 1. The lowest BCUT2D eigenvalue weighted by Gasteiger charge is -2.32. The molecule has 0 aromatic heterocycles. The van der Waals surface area contributed by atoms with Gasteiger partial charge in [0.25, 0.3) is 0 Å². The summed E-state index contributed by atoms with van der Waals surface area (Å²) >= 11 is 5.23.